The van der Waals surface area contributed by atoms with Crippen molar-refractivity contribution in [2.75, 3.05) is 0 Å². The maximum Gasteiger partial charge on any atom is 0.136 e. The Labute approximate surface area is 106 Å². The van der Waals surface area contributed by atoms with Gasteiger partial charge < -0.3 is 4.74 Å². The van der Waals surface area contributed by atoms with Crippen LogP contribution in [0.1, 0.15) is 16.8 Å². The summed E-state index contributed by atoms with van der Waals surface area (Å²) in [5.41, 5.74) is 3.45. The van der Waals surface area contributed by atoms with Gasteiger partial charge in [-0.3, -0.25) is 4.98 Å². The number of hydrogen-bond donors (Lipinski definition) is 0. The van der Waals surface area contributed by atoms with E-state index in [0.29, 0.717) is 0 Å². The Morgan fingerprint density at radius 2 is 1.83 bits per heavy atom. The molecule has 0 fully saturated rings. The fourth-order valence-corrected chi connectivity index (χ4v) is 2.88. The van der Waals surface area contributed by atoms with E-state index in [1.54, 1.807) is 0 Å². The molecular weight excluding hydrogens is 222 g/mol. The first-order valence-electron chi connectivity index (χ1n) is 6.25. The molecule has 2 heteroatoms. The predicted molar refractivity (Wildman–Crippen MR) is 70.5 cm³/mol. The molecule has 0 saturated heterocycles. The van der Waals surface area contributed by atoms with E-state index in [-0.39, 0.29) is 5.60 Å². The molecule has 1 aliphatic heterocycles. The summed E-state index contributed by atoms with van der Waals surface area (Å²) >= 11 is 0. The summed E-state index contributed by atoms with van der Waals surface area (Å²) in [7, 11) is 0. The molecule has 2 aliphatic rings. The third-order valence-electron chi connectivity index (χ3n) is 3.74. The van der Waals surface area contributed by atoms with Gasteiger partial charge in [-0.05, 0) is 35.4 Å². The van der Waals surface area contributed by atoms with Crippen LogP contribution in [-0.4, -0.2) is 10.6 Å². The Balaban J connectivity index is 1.74. The molecule has 2 heterocycles. The summed E-state index contributed by atoms with van der Waals surface area (Å²) in [6.45, 7) is 0. The maximum atomic E-state index is 6.18. The number of fused-ring (bicyclic) bond motifs is 2. The molecule has 88 valence electrons. The molecule has 1 spiro atoms. The molecule has 2 nitrogen and oxygen atoms in total. The first-order valence-corrected chi connectivity index (χ1v) is 6.25. The van der Waals surface area contributed by atoms with Crippen molar-refractivity contribution in [1.82, 2.24) is 4.98 Å². The minimum atomic E-state index is -0.195. The molecule has 1 aromatic heterocycles. The van der Waals surface area contributed by atoms with E-state index in [4.69, 9.17) is 4.74 Å². The smallest absolute Gasteiger partial charge is 0.136 e. The van der Waals surface area contributed by atoms with E-state index >= 15 is 0 Å². The van der Waals surface area contributed by atoms with Gasteiger partial charge in [0.1, 0.15) is 11.4 Å². The Kier molecular flexibility index (Phi) is 1.90. The second kappa shape index (κ2) is 3.45. The van der Waals surface area contributed by atoms with Gasteiger partial charge in [-0.25, -0.2) is 0 Å². The largest absolute Gasteiger partial charge is 0.482 e. The van der Waals surface area contributed by atoms with Crippen LogP contribution in [0.25, 0.3) is 6.08 Å². The highest BCUT2D eigenvalue weighted by atomic mass is 16.5. The lowest BCUT2D eigenvalue weighted by Crippen LogP contribution is -2.36. The van der Waals surface area contributed by atoms with Gasteiger partial charge in [0, 0.05) is 19.0 Å². The Morgan fingerprint density at radius 1 is 1.00 bits per heavy atom. The average molecular weight is 235 g/mol. The van der Waals surface area contributed by atoms with Crippen LogP contribution in [0.5, 0.6) is 5.75 Å². The quantitative estimate of drug-likeness (QED) is 0.700. The van der Waals surface area contributed by atoms with Gasteiger partial charge in [0.15, 0.2) is 0 Å². The first kappa shape index (κ1) is 9.89. The Morgan fingerprint density at radius 3 is 2.78 bits per heavy atom. The van der Waals surface area contributed by atoms with Crippen molar-refractivity contribution in [3.8, 4) is 5.75 Å². The Bertz CT molecular complexity index is 620. The van der Waals surface area contributed by atoms with Crippen LogP contribution >= 0.6 is 0 Å². The van der Waals surface area contributed by atoms with Gasteiger partial charge in [-0.1, -0.05) is 24.3 Å². The summed E-state index contributed by atoms with van der Waals surface area (Å²) in [5.74, 6) is 1.02. The van der Waals surface area contributed by atoms with Gasteiger partial charge in [0.25, 0.3) is 0 Å². The van der Waals surface area contributed by atoms with Crippen LogP contribution in [-0.2, 0) is 12.8 Å². The normalized spacial score (nSPS) is 23.6. The van der Waals surface area contributed by atoms with Crippen LogP contribution in [0.2, 0.25) is 0 Å². The zero-order chi connectivity index (χ0) is 12.0. The molecule has 0 N–H and O–H groups in total. The number of benzene rings is 1. The molecule has 1 aromatic carbocycles. The number of ether oxygens (including phenoxy) is 1. The van der Waals surface area contributed by atoms with Crippen molar-refractivity contribution in [2.45, 2.75) is 18.4 Å². The van der Waals surface area contributed by atoms with Gasteiger partial charge in [-0.15, -0.1) is 0 Å². The zero-order valence-electron chi connectivity index (χ0n) is 9.97. The van der Waals surface area contributed by atoms with Crippen molar-refractivity contribution >= 4 is 6.08 Å². The van der Waals surface area contributed by atoms with E-state index in [1.165, 1.54) is 11.1 Å². The monoisotopic (exact) mass is 235 g/mol. The van der Waals surface area contributed by atoms with Gasteiger partial charge in [-0.2, -0.15) is 0 Å². The van der Waals surface area contributed by atoms with Crippen molar-refractivity contribution in [3.63, 3.8) is 0 Å². The van der Waals surface area contributed by atoms with Gasteiger partial charge in [0.2, 0.25) is 0 Å². The van der Waals surface area contributed by atoms with E-state index in [1.807, 2.05) is 18.3 Å². The molecule has 1 atom stereocenters. The number of rotatable bonds is 0. The van der Waals surface area contributed by atoms with E-state index in [9.17, 15) is 0 Å². The molecule has 4 rings (SSSR count). The second-order valence-electron chi connectivity index (χ2n) is 5.01. The molecule has 18 heavy (non-hydrogen) atoms. The fourth-order valence-electron chi connectivity index (χ4n) is 2.88. The lowest BCUT2D eigenvalue weighted by Gasteiger charge is -2.29. The number of hydrogen-bond acceptors (Lipinski definition) is 2. The van der Waals surface area contributed by atoms with E-state index in [0.717, 1.165) is 24.3 Å². The standard InChI is InChI=1S/C16H13NO/c1-2-6-15-13(4-1)11-16(18-15)8-7-14-12(10-16)5-3-9-17-14/h1-9H,10-11H2. The number of para-hydroxylation sites is 1. The summed E-state index contributed by atoms with van der Waals surface area (Å²) in [4.78, 5) is 4.38. The highest BCUT2D eigenvalue weighted by molar-refractivity contribution is 5.57. The zero-order valence-corrected chi connectivity index (χ0v) is 9.97. The predicted octanol–water partition coefficient (Wildman–Crippen LogP) is 3.02. The SMILES string of the molecule is C1=CC2(Cc3ccccc3O2)Cc2cccnc21. The third-order valence-corrected chi connectivity index (χ3v) is 3.74. The van der Waals surface area contributed by atoms with Crippen LogP contribution < -0.4 is 4.74 Å². The molecule has 0 amide bonds. The molecule has 0 radical (unpaired) electrons. The average Bonchev–Trinajstić information content (AvgIpc) is 2.76. The topological polar surface area (TPSA) is 22.1 Å². The summed E-state index contributed by atoms with van der Waals surface area (Å²) in [6.07, 6.45) is 7.95. The lowest BCUT2D eigenvalue weighted by molar-refractivity contribution is 0.148. The molecule has 0 saturated carbocycles. The molecule has 2 aromatic rings. The number of nitrogens with zero attached hydrogens (tertiary/aromatic N) is 1. The highest BCUT2D eigenvalue weighted by Gasteiger charge is 2.39. The minimum Gasteiger partial charge on any atom is -0.482 e. The first-order chi connectivity index (χ1) is 8.85. The minimum absolute atomic E-state index is 0.195. The van der Waals surface area contributed by atoms with E-state index < -0.39 is 0 Å². The second-order valence-corrected chi connectivity index (χ2v) is 5.01. The van der Waals surface area contributed by atoms with Gasteiger partial charge in [0.05, 0.1) is 5.69 Å². The summed E-state index contributed by atoms with van der Waals surface area (Å²) in [6, 6.07) is 12.4. The molecule has 0 bridgehead atoms. The molecular formula is C16H13NO. The van der Waals surface area contributed by atoms with Crippen LogP contribution in [0.3, 0.4) is 0 Å². The van der Waals surface area contributed by atoms with Crippen molar-refractivity contribution in [2.24, 2.45) is 0 Å². The van der Waals surface area contributed by atoms with E-state index in [2.05, 4.69) is 41.4 Å². The van der Waals surface area contributed by atoms with Crippen LogP contribution in [0.4, 0.5) is 0 Å². The molecule has 1 unspecified atom stereocenters. The third kappa shape index (κ3) is 1.39. The van der Waals surface area contributed by atoms with Gasteiger partial charge >= 0.3 is 0 Å². The summed E-state index contributed by atoms with van der Waals surface area (Å²) < 4.78 is 6.18. The number of aromatic nitrogens is 1. The summed E-state index contributed by atoms with van der Waals surface area (Å²) in [5, 5.41) is 0. The fraction of sp³-hybridized carbons (Fsp3) is 0.188. The highest BCUT2D eigenvalue weighted by Crippen LogP contribution is 2.40. The van der Waals surface area contributed by atoms with Crippen molar-refractivity contribution in [1.29, 1.82) is 0 Å². The van der Waals surface area contributed by atoms with Crippen LogP contribution in [0.15, 0.2) is 48.7 Å². The van der Waals surface area contributed by atoms with Crippen LogP contribution in [0, 0.1) is 0 Å². The Hall–Kier alpha value is -2.09. The van der Waals surface area contributed by atoms with Crippen molar-refractivity contribution < 1.29 is 4.74 Å². The molecule has 1 aliphatic carbocycles. The maximum absolute atomic E-state index is 6.18. The lowest BCUT2D eigenvalue weighted by atomic mass is 9.85. The number of pyridine rings is 1. The van der Waals surface area contributed by atoms with Crippen molar-refractivity contribution in [3.05, 3.63) is 65.5 Å².